The molecule has 0 bridgehead atoms. The molecule has 1 aromatic heterocycles. The van der Waals surface area contributed by atoms with Crippen molar-refractivity contribution in [3.8, 4) is 11.6 Å². The van der Waals surface area contributed by atoms with Gasteiger partial charge in [0.25, 0.3) is 0 Å². The second-order valence-corrected chi connectivity index (χ2v) is 5.94. The number of hydrogen-bond donors (Lipinski definition) is 1. The molecule has 0 saturated carbocycles. The van der Waals surface area contributed by atoms with Crippen LogP contribution >= 0.6 is 0 Å². The first kappa shape index (κ1) is 15.6. The average molecular weight is 287 g/mol. The molecule has 2 aromatic rings. The van der Waals surface area contributed by atoms with Crippen LogP contribution < -0.4 is 10.1 Å². The highest BCUT2D eigenvalue weighted by Gasteiger charge is 2.15. The van der Waals surface area contributed by atoms with E-state index in [9.17, 15) is 0 Å². The van der Waals surface area contributed by atoms with Gasteiger partial charge in [-0.1, -0.05) is 26.0 Å². The lowest BCUT2D eigenvalue weighted by Gasteiger charge is -2.11. The van der Waals surface area contributed by atoms with Crippen LogP contribution in [0.4, 0.5) is 0 Å². The van der Waals surface area contributed by atoms with Crippen molar-refractivity contribution in [1.82, 2.24) is 15.1 Å². The molecule has 4 heteroatoms. The standard InChI is InChI=1S/C17H25N3O/c1-12(2)10-18-11-16-14(4)19-20(5)17(16)21-15-8-6-7-13(3)9-15/h6-9,12,18H,10-11H2,1-5H3. The first-order valence-corrected chi connectivity index (χ1v) is 7.45. The Hall–Kier alpha value is -1.81. The molecule has 0 aliphatic heterocycles. The van der Waals surface area contributed by atoms with E-state index >= 15 is 0 Å². The molecule has 0 fully saturated rings. The molecule has 0 aliphatic carbocycles. The number of hydrogen-bond acceptors (Lipinski definition) is 3. The quantitative estimate of drug-likeness (QED) is 0.882. The smallest absolute Gasteiger partial charge is 0.222 e. The second kappa shape index (κ2) is 6.76. The van der Waals surface area contributed by atoms with Crippen molar-refractivity contribution < 1.29 is 4.74 Å². The number of nitrogens with one attached hydrogen (secondary N) is 1. The van der Waals surface area contributed by atoms with E-state index in [2.05, 4.69) is 37.3 Å². The third-order valence-corrected chi connectivity index (χ3v) is 3.35. The first-order chi connectivity index (χ1) is 9.97. The van der Waals surface area contributed by atoms with Gasteiger partial charge in [-0.2, -0.15) is 5.10 Å². The summed E-state index contributed by atoms with van der Waals surface area (Å²) in [6, 6.07) is 8.07. The summed E-state index contributed by atoms with van der Waals surface area (Å²) in [5.41, 5.74) is 3.32. The summed E-state index contributed by atoms with van der Waals surface area (Å²) >= 11 is 0. The molecule has 0 saturated heterocycles. The fraction of sp³-hybridized carbons (Fsp3) is 0.471. The van der Waals surface area contributed by atoms with E-state index in [1.54, 1.807) is 0 Å². The van der Waals surface area contributed by atoms with Gasteiger partial charge in [0.2, 0.25) is 5.88 Å². The van der Waals surface area contributed by atoms with Crippen molar-refractivity contribution in [3.63, 3.8) is 0 Å². The van der Waals surface area contributed by atoms with E-state index in [1.807, 2.05) is 36.9 Å². The van der Waals surface area contributed by atoms with Crippen LogP contribution in [-0.2, 0) is 13.6 Å². The molecule has 0 amide bonds. The molecular weight excluding hydrogens is 262 g/mol. The fourth-order valence-electron chi connectivity index (χ4n) is 2.29. The maximum Gasteiger partial charge on any atom is 0.222 e. The highest BCUT2D eigenvalue weighted by molar-refractivity contribution is 5.36. The van der Waals surface area contributed by atoms with Crippen molar-refractivity contribution in [3.05, 3.63) is 41.1 Å². The molecule has 1 aromatic carbocycles. The predicted molar refractivity (Wildman–Crippen MR) is 85.7 cm³/mol. The molecule has 0 aliphatic rings. The monoisotopic (exact) mass is 287 g/mol. The summed E-state index contributed by atoms with van der Waals surface area (Å²) in [6.07, 6.45) is 0. The Morgan fingerprint density at radius 1 is 1.29 bits per heavy atom. The molecule has 4 nitrogen and oxygen atoms in total. The van der Waals surface area contributed by atoms with Crippen molar-refractivity contribution in [2.45, 2.75) is 34.2 Å². The van der Waals surface area contributed by atoms with Gasteiger partial charge in [0.15, 0.2) is 0 Å². The van der Waals surface area contributed by atoms with Gasteiger partial charge < -0.3 is 10.1 Å². The van der Waals surface area contributed by atoms with E-state index < -0.39 is 0 Å². The van der Waals surface area contributed by atoms with Gasteiger partial charge in [0, 0.05) is 13.6 Å². The molecule has 1 N–H and O–H groups in total. The highest BCUT2D eigenvalue weighted by atomic mass is 16.5. The topological polar surface area (TPSA) is 39.1 Å². The summed E-state index contributed by atoms with van der Waals surface area (Å²) in [6.45, 7) is 10.2. The van der Waals surface area contributed by atoms with E-state index in [-0.39, 0.29) is 0 Å². The zero-order chi connectivity index (χ0) is 15.4. The summed E-state index contributed by atoms with van der Waals surface area (Å²) in [4.78, 5) is 0. The number of ether oxygens (including phenoxy) is 1. The molecule has 0 unspecified atom stereocenters. The Morgan fingerprint density at radius 2 is 2.05 bits per heavy atom. The van der Waals surface area contributed by atoms with Crippen LogP contribution in [0, 0.1) is 19.8 Å². The Morgan fingerprint density at radius 3 is 2.71 bits per heavy atom. The molecule has 0 atom stereocenters. The van der Waals surface area contributed by atoms with E-state index in [0.29, 0.717) is 5.92 Å². The van der Waals surface area contributed by atoms with E-state index in [0.717, 1.165) is 36.0 Å². The number of nitrogens with zero attached hydrogens (tertiary/aromatic N) is 2. The minimum atomic E-state index is 0.628. The third-order valence-electron chi connectivity index (χ3n) is 3.35. The van der Waals surface area contributed by atoms with Crippen LogP contribution in [0.15, 0.2) is 24.3 Å². The number of rotatable bonds is 6. The lowest BCUT2D eigenvalue weighted by molar-refractivity contribution is 0.422. The van der Waals surface area contributed by atoms with Gasteiger partial charge in [0.05, 0.1) is 11.3 Å². The van der Waals surface area contributed by atoms with Gasteiger partial charge in [-0.15, -0.1) is 0 Å². The largest absolute Gasteiger partial charge is 0.439 e. The molecule has 1 heterocycles. The summed E-state index contributed by atoms with van der Waals surface area (Å²) in [7, 11) is 1.92. The Labute approximate surface area is 127 Å². The Bertz CT molecular complexity index is 602. The lowest BCUT2D eigenvalue weighted by Crippen LogP contribution is -2.19. The average Bonchev–Trinajstić information content (AvgIpc) is 2.65. The number of aryl methyl sites for hydroxylation is 3. The number of benzene rings is 1. The van der Waals surface area contributed by atoms with Gasteiger partial charge in [-0.3, -0.25) is 0 Å². The Kier molecular flexibility index (Phi) is 5.02. The first-order valence-electron chi connectivity index (χ1n) is 7.45. The molecular formula is C17H25N3O. The number of aromatic nitrogens is 2. The van der Waals surface area contributed by atoms with Crippen LogP contribution in [0.3, 0.4) is 0 Å². The van der Waals surface area contributed by atoms with Crippen LogP contribution in [0.25, 0.3) is 0 Å². The molecule has 2 rings (SSSR count). The third kappa shape index (κ3) is 4.08. The second-order valence-electron chi connectivity index (χ2n) is 5.94. The molecule has 0 radical (unpaired) electrons. The summed E-state index contributed by atoms with van der Waals surface area (Å²) in [5, 5.41) is 7.94. The highest BCUT2D eigenvalue weighted by Crippen LogP contribution is 2.27. The lowest BCUT2D eigenvalue weighted by atomic mass is 10.2. The minimum Gasteiger partial charge on any atom is -0.439 e. The minimum absolute atomic E-state index is 0.628. The maximum atomic E-state index is 6.06. The SMILES string of the molecule is Cc1cccc(Oc2c(CNCC(C)C)c(C)nn2C)c1. The van der Waals surface area contributed by atoms with Crippen molar-refractivity contribution in [2.75, 3.05) is 6.54 Å². The molecule has 114 valence electrons. The van der Waals surface area contributed by atoms with Gasteiger partial charge >= 0.3 is 0 Å². The van der Waals surface area contributed by atoms with Crippen LogP contribution in [0.1, 0.15) is 30.7 Å². The molecule has 21 heavy (non-hydrogen) atoms. The van der Waals surface area contributed by atoms with Crippen LogP contribution in [0.2, 0.25) is 0 Å². The zero-order valence-corrected chi connectivity index (χ0v) is 13.6. The van der Waals surface area contributed by atoms with Crippen molar-refractivity contribution >= 4 is 0 Å². The van der Waals surface area contributed by atoms with E-state index in [4.69, 9.17) is 4.74 Å². The predicted octanol–water partition coefficient (Wildman–Crippen LogP) is 3.57. The van der Waals surface area contributed by atoms with Crippen molar-refractivity contribution in [2.24, 2.45) is 13.0 Å². The van der Waals surface area contributed by atoms with Gasteiger partial charge in [-0.05, 0) is 44.0 Å². The van der Waals surface area contributed by atoms with Crippen LogP contribution in [-0.4, -0.2) is 16.3 Å². The van der Waals surface area contributed by atoms with Crippen LogP contribution in [0.5, 0.6) is 11.6 Å². The van der Waals surface area contributed by atoms with Crippen molar-refractivity contribution in [1.29, 1.82) is 0 Å². The van der Waals surface area contributed by atoms with Gasteiger partial charge in [0.1, 0.15) is 5.75 Å². The summed E-state index contributed by atoms with van der Waals surface area (Å²) < 4.78 is 7.87. The van der Waals surface area contributed by atoms with Gasteiger partial charge in [-0.25, -0.2) is 4.68 Å². The van der Waals surface area contributed by atoms with E-state index in [1.165, 1.54) is 5.56 Å². The zero-order valence-electron chi connectivity index (χ0n) is 13.6. The molecule has 0 spiro atoms. The summed E-state index contributed by atoms with van der Waals surface area (Å²) in [5.74, 6) is 2.29. The fourth-order valence-corrected chi connectivity index (χ4v) is 2.29. The Balaban J connectivity index is 2.18. The maximum absolute atomic E-state index is 6.06. The normalized spacial score (nSPS) is 11.1.